The molecular formula is C13H20N4O2. The van der Waals surface area contributed by atoms with Gasteiger partial charge in [0.25, 0.3) is 0 Å². The van der Waals surface area contributed by atoms with E-state index in [1.807, 2.05) is 0 Å². The number of nitrogens with one attached hydrogen (secondary N) is 1. The number of nitrogens with zero attached hydrogens (tertiary/aromatic N) is 3. The summed E-state index contributed by atoms with van der Waals surface area (Å²) >= 11 is 0. The molecule has 19 heavy (non-hydrogen) atoms. The largest absolute Gasteiger partial charge is 0.364 e. The molecule has 6 nitrogen and oxygen atoms in total. The van der Waals surface area contributed by atoms with Gasteiger partial charge < -0.3 is 5.32 Å². The molecule has 0 atom stereocenters. The summed E-state index contributed by atoms with van der Waals surface area (Å²) in [5, 5.41) is 18.3. The zero-order valence-corrected chi connectivity index (χ0v) is 11.5. The van der Waals surface area contributed by atoms with Gasteiger partial charge in [0.1, 0.15) is 5.69 Å². The maximum atomic E-state index is 11.0. The topological polar surface area (TPSA) is 73.0 Å². The highest BCUT2D eigenvalue weighted by molar-refractivity contribution is 5.59. The summed E-state index contributed by atoms with van der Waals surface area (Å²) in [6.45, 7) is 2.37. The maximum absolute atomic E-state index is 11.0. The Morgan fingerprint density at radius 3 is 2.95 bits per heavy atom. The van der Waals surface area contributed by atoms with Crippen LogP contribution in [-0.4, -0.2) is 21.2 Å². The van der Waals surface area contributed by atoms with Crippen LogP contribution in [0.5, 0.6) is 0 Å². The highest BCUT2D eigenvalue weighted by Crippen LogP contribution is 2.27. The number of aryl methyl sites for hydroxylation is 2. The number of nitro groups is 1. The molecule has 0 saturated heterocycles. The fraction of sp³-hybridized carbons (Fsp3) is 0.615. The molecule has 2 rings (SSSR count). The Labute approximate surface area is 112 Å². The average Bonchev–Trinajstić information content (AvgIpc) is 2.65. The van der Waals surface area contributed by atoms with Crippen molar-refractivity contribution in [3.63, 3.8) is 0 Å². The predicted octanol–water partition coefficient (Wildman–Crippen LogP) is 2.94. The molecule has 1 N–H and O–H groups in total. The summed E-state index contributed by atoms with van der Waals surface area (Å²) in [4.78, 5) is 10.7. The lowest BCUT2D eigenvalue weighted by atomic mass is 9.97. The van der Waals surface area contributed by atoms with Gasteiger partial charge in [-0.1, -0.05) is 11.6 Å². The van der Waals surface area contributed by atoms with Crippen LogP contribution < -0.4 is 5.32 Å². The molecule has 1 aliphatic rings. The quantitative estimate of drug-likeness (QED) is 0.504. The zero-order chi connectivity index (χ0) is 13.8. The molecule has 0 spiro atoms. The smallest absolute Gasteiger partial charge is 0.333 e. The molecule has 0 radical (unpaired) electrons. The Morgan fingerprint density at radius 2 is 2.32 bits per heavy atom. The molecule has 6 heteroatoms. The lowest BCUT2D eigenvalue weighted by molar-refractivity contribution is -0.384. The van der Waals surface area contributed by atoms with Crippen molar-refractivity contribution in [3.8, 4) is 0 Å². The lowest BCUT2D eigenvalue weighted by Gasteiger charge is -2.13. The van der Waals surface area contributed by atoms with E-state index < -0.39 is 0 Å². The van der Waals surface area contributed by atoms with Crippen molar-refractivity contribution in [2.45, 2.75) is 39.0 Å². The molecular weight excluding hydrogens is 244 g/mol. The van der Waals surface area contributed by atoms with Crippen LogP contribution in [0.4, 0.5) is 11.5 Å². The van der Waals surface area contributed by atoms with Crippen molar-refractivity contribution < 1.29 is 4.92 Å². The molecule has 1 aromatic heterocycles. The summed E-state index contributed by atoms with van der Waals surface area (Å²) in [7, 11) is 1.72. The molecule has 0 bridgehead atoms. The Balaban J connectivity index is 1.99. The third-order valence-electron chi connectivity index (χ3n) is 3.50. The van der Waals surface area contributed by atoms with E-state index in [0.29, 0.717) is 18.1 Å². The molecule has 0 amide bonds. The molecule has 0 fully saturated rings. The Morgan fingerprint density at radius 1 is 1.53 bits per heavy atom. The fourth-order valence-electron chi connectivity index (χ4n) is 2.54. The van der Waals surface area contributed by atoms with Crippen LogP contribution in [0.1, 0.15) is 37.8 Å². The van der Waals surface area contributed by atoms with Gasteiger partial charge in [0.2, 0.25) is 5.82 Å². The first kappa shape index (κ1) is 13.6. The first-order valence-corrected chi connectivity index (χ1v) is 6.69. The van der Waals surface area contributed by atoms with Crippen LogP contribution in [0.15, 0.2) is 11.6 Å². The summed E-state index contributed by atoms with van der Waals surface area (Å²) in [6.07, 6.45) is 8.12. The molecule has 1 heterocycles. The second-order valence-electron chi connectivity index (χ2n) is 4.95. The number of aromatic nitrogens is 2. The lowest BCUT2D eigenvalue weighted by Crippen LogP contribution is -2.09. The van der Waals surface area contributed by atoms with Gasteiger partial charge in [0.05, 0.1) is 4.92 Å². The minimum atomic E-state index is -0.370. The third-order valence-corrected chi connectivity index (χ3v) is 3.50. The van der Waals surface area contributed by atoms with Crippen molar-refractivity contribution in [2.75, 3.05) is 11.9 Å². The monoisotopic (exact) mass is 264 g/mol. The average molecular weight is 264 g/mol. The van der Waals surface area contributed by atoms with Crippen molar-refractivity contribution in [3.05, 3.63) is 27.5 Å². The van der Waals surface area contributed by atoms with Crippen LogP contribution in [-0.2, 0) is 7.05 Å². The van der Waals surface area contributed by atoms with E-state index in [-0.39, 0.29) is 10.6 Å². The Bertz CT molecular complexity index is 505. The Hall–Kier alpha value is -1.85. The zero-order valence-electron chi connectivity index (χ0n) is 11.5. The SMILES string of the molecule is Cc1nn(C)c(NCCC2=CCCCC2)c1[N+](=O)[O-]. The fourth-order valence-corrected chi connectivity index (χ4v) is 2.54. The molecule has 104 valence electrons. The van der Waals surface area contributed by atoms with E-state index in [9.17, 15) is 10.1 Å². The standard InChI is InChI=1S/C13H20N4O2/c1-10-12(17(18)19)13(16(2)15-10)14-9-8-11-6-4-3-5-7-11/h6,14H,3-5,7-9H2,1-2H3. The van der Waals surface area contributed by atoms with Crippen LogP contribution in [0, 0.1) is 17.0 Å². The maximum Gasteiger partial charge on any atom is 0.333 e. The Kier molecular flexibility index (Phi) is 4.19. The van der Waals surface area contributed by atoms with Gasteiger partial charge in [-0.25, -0.2) is 4.68 Å². The highest BCUT2D eigenvalue weighted by atomic mass is 16.6. The van der Waals surface area contributed by atoms with Gasteiger partial charge in [-0.3, -0.25) is 10.1 Å². The minimum absolute atomic E-state index is 0.0834. The number of anilines is 1. The van der Waals surface area contributed by atoms with E-state index in [4.69, 9.17) is 0 Å². The van der Waals surface area contributed by atoms with Crippen molar-refractivity contribution in [2.24, 2.45) is 7.05 Å². The predicted molar refractivity (Wildman–Crippen MR) is 74.3 cm³/mol. The normalized spacial score (nSPS) is 15.2. The molecule has 0 unspecified atom stereocenters. The number of allylic oxidation sites excluding steroid dienone is 1. The van der Waals surface area contributed by atoms with E-state index >= 15 is 0 Å². The second kappa shape index (κ2) is 5.86. The number of hydrogen-bond donors (Lipinski definition) is 1. The van der Waals surface area contributed by atoms with Gasteiger partial charge in [-0.05, 0) is 39.0 Å². The van der Waals surface area contributed by atoms with Crippen LogP contribution in [0.2, 0.25) is 0 Å². The molecule has 0 aliphatic heterocycles. The molecule has 0 aromatic carbocycles. The van der Waals surface area contributed by atoms with Crippen molar-refractivity contribution in [1.82, 2.24) is 9.78 Å². The van der Waals surface area contributed by atoms with Gasteiger partial charge in [0, 0.05) is 13.6 Å². The van der Waals surface area contributed by atoms with Crippen molar-refractivity contribution >= 4 is 11.5 Å². The number of rotatable bonds is 5. The first-order valence-electron chi connectivity index (χ1n) is 6.69. The van der Waals surface area contributed by atoms with E-state index in [0.717, 1.165) is 12.8 Å². The summed E-state index contributed by atoms with van der Waals surface area (Å²) < 4.78 is 1.54. The summed E-state index contributed by atoms with van der Waals surface area (Å²) in [5.74, 6) is 0.499. The summed E-state index contributed by atoms with van der Waals surface area (Å²) in [6, 6.07) is 0. The first-order chi connectivity index (χ1) is 9.09. The van der Waals surface area contributed by atoms with Gasteiger partial charge >= 0.3 is 5.69 Å². The minimum Gasteiger partial charge on any atom is -0.364 e. The molecule has 0 saturated carbocycles. The molecule has 1 aromatic rings. The van der Waals surface area contributed by atoms with Crippen LogP contribution in [0.3, 0.4) is 0 Å². The highest BCUT2D eigenvalue weighted by Gasteiger charge is 2.23. The van der Waals surface area contributed by atoms with Crippen LogP contribution in [0.25, 0.3) is 0 Å². The van der Waals surface area contributed by atoms with E-state index in [2.05, 4.69) is 16.5 Å². The van der Waals surface area contributed by atoms with Crippen molar-refractivity contribution in [1.29, 1.82) is 0 Å². The summed E-state index contributed by atoms with van der Waals surface area (Å²) in [5.41, 5.74) is 1.99. The van der Waals surface area contributed by atoms with Gasteiger partial charge in [-0.2, -0.15) is 5.10 Å². The molecule has 1 aliphatic carbocycles. The van der Waals surface area contributed by atoms with Gasteiger partial charge in [-0.15, -0.1) is 0 Å². The number of hydrogen-bond acceptors (Lipinski definition) is 4. The third kappa shape index (κ3) is 3.13. The second-order valence-corrected chi connectivity index (χ2v) is 4.95. The van der Waals surface area contributed by atoms with Gasteiger partial charge in [0.15, 0.2) is 0 Å². The van der Waals surface area contributed by atoms with Crippen LogP contribution >= 0.6 is 0 Å². The van der Waals surface area contributed by atoms with E-state index in [1.165, 1.54) is 24.8 Å². The van der Waals surface area contributed by atoms with E-state index in [1.54, 1.807) is 18.7 Å².